The van der Waals surface area contributed by atoms with E-state index in [-0.39, 0.29) is 0 Å². The van der Waals surface area contributed by atoms with E-state index in [4.69, 9.17) is 21.1 Å². The lowest BCUT2D eigenvalue weighted by atomic mass is 10.1. The van der Waals surface area contributed by atoms with E-state index in [0.29, 0.717) is 12.1 Å². The van der Waals surface area contributed by atoms with Gasteiger partial charge in [-0.3, -0.25) is 0 Å². The fraction of sp³-hybridized carbons (Fsp3) is 0.625. The highest BCUT2D eigenvalue weighted by molar-refractivity contribution is 6.30. The van der Waals surface area contributed by atoms with Gasteiger partial charge in [-0.2, -0.15) is 0 Å². The van der Waals surface area contributed by atoms with Crippen LogP contribution in [0.3, 0.4) is 0 Å². The van der Waals surface area contributed by atoms with Gasteiger partial charge in [0, 0.05) is 43.4 Å². The Labute approximate surface area is 131 Å². The number of ether oxygens (including phenoxy) is 2. The number of halogens is 1. The van der Waals surface area contributed by atoms with E-state index in [1.807, 2.05) is 18.2 Å². The van der Waals surface area contributed by atoms with E-state index in [2.05, 4.69) is 10.2 Å². The molecule has 4 nitrogen and oxygen atoms in total. The summed E-state index contributed by atoms with van der Waals surface area (Å²) in [6, 6.07) is 6.95. The van der Waals surface area contributed by atoms with Crippen LogP contribution in [0.5, 0.6) is 5.75 Å². The van der Waals surface area contributed by atoms with E-state index in [9.17, 15) is 0 Å². The van der Waals surface area contributed by atoms with Crippen molar-refractivity contribution in [1.29, 1.82) is 0 Å². The lowest BCUT2D eigenvalue weighted by Crippen LogP contribution is -2.43. The lowest BCUT2D eigenvalue weighted by Gasteiger charge is -2.27. The maximum absolute atomic E-state index is 6.13. The Morgan fingerprint density at radius 1 is 1.24 bits per heavy atom. The first-order chi connectivity index (χ1) is 10.3. The molecule has 2 saturated heterocycles. The van der Waals surface area contributed by atoms with Crippen LogP contribution in [0.15, 0.2) is 18.2 Å². The van der Waals surface area contributed by atoms with Crippen molar-refractivity contribution in [2.45, 2.75) is 31.3 Å². The van der Waals surface area contributed by atoms with Crippen molar-refractivity contribution in [3.63, 3.8) is 0 Å². The number of rotatable bonds is 4. The van der Waals surface area contributed by atoms with Gasteiger partial charge in [-0.05, 0) is 37.5 Å². The molecule has 2 aliphatic rings. The second kappa shape index (κ2) is 6.86. The Morgan fingerprint density at radius 3 is 2.81 bits per heavy atom. The van der Waals surface area contributed by atoms with Crippen LogP contribution in [0.1, 0.15) is 19.3 Å². The Balaban J connectivity index is 1.62. The normalized spacial score (nSPS) is 23.5. The maximum Gasteiger partial charge on any atom is 0.142 e. The van der Waals surface area contributed by atoms with Gasteiger partial charge < -0.3 is 19.7 Å². The van der Waals surface area contributed by atoms with Gasteiger partial charge in [0.1, 0.15) is 5.75 Å². The quantitative estimate of drug-likeness (QED) is 0.927. The SMILES string of the molecule is COc1ccc(Cl)cc1N1CCC(NC2CCOCC2)C1. The average Bonchev–Trinajstić information content (AvgIpc) is 2.96. The second-order valence-corrected chi connectivity index (χ2v) is 6.24. The van der Waals surface area contributed by atoms with Crippen LogP contribution in [0.4, 0.5) is 5.69 Å². The highest BCUT2D eigenvalue weighted by Crippen LogP contribution is 2.33. The molecular formula is C16H23ClN2O2. The van der Waals surface area contributed by atoms with Crippen molar-refractivity contribution in [1.82, 2.24) is 5.32 Å². The van der Waals surface area contributed by atoms with Crippen molar-refractivity contribution in [3.8, 4) is 5.75 Å². The molecule has 2 aliphatic heterocycles. The minimum atomic E-state index is 0.539. The molecule has 2 heterocycles. The Morgan fingerprint density at radius 2 is 2.05 bits per heavy atom. The average molecular weight is 311 g/mol. The van der Waals surface area contributed by atoms with Gasteiger partial charge in [-0.15, -0.1) is 0 Å². The van der Waals surface area contributed by atoms with Crippen molar-refractivity contribution < 1.29 is 9.47 Å². The molecular weight excluding hydrogens is 288 g/mol. The summed E-state index contributed by atoms with van der Waals surface area (Å²) in [6.07, 6.45) is 3.40. The largest absolute Gasteiger partial charge is 0.495 e. The zero-order chi connectivity index (χ0) is 14.7. The summed E-state index contributed by atoms with van der Waals surface area (Å²) in [5, 5.41) is 4.53. The van der Waals surface area contributed by atoms with Crippen molar-refractivity contribution in [3.05, 3.63) is 23.2 Å². The standard InChI is InChI=1S/C16H23ClN2O2/c1-20-16-3-2-12(17)10-15(16)19-7-4-14(11-19)18-13-5-8-21-9-6-13/h2-3,10,13-14,18H,4-9,11H2,1H3. The Bertz CT molecular complexity index is 477. The Kier molecular flexibility index (Phi) is 4.88. The molecule has 116 valence electrons. The van der Waals surface area contributed by atoms with E-state index in [1.54, 1.807) is 7.11 Å². The molecule has 0 spiro atoms. The molecule has 0 amide bonds. The third kappa shape index (κ3) is 3.62. The topological polar surface area (TPSA) is 33.7 Å². The van der Waals surface area contributed by atoms with Crippen LogP contribution in [0.25, 0.3) is 0 Å². The molecule has 0 bridgehead atoms. The van der Waals surface area contributed by atoms with E-state index >= 15 is 0 Å². The number of hydrogen-bond donors (Lipinski definition) is 1. The van der Waals surface area contributed by atoms with E-state index < -0.39 is 0 Å². The second-order valence-electron chi connectivity index (χ2n) is 5.80. The van der Waals surface area contributed by atoms with Gasteiger partial charge >= 0.3 is 0 Å². The number of nitrogens with zero attached hydrogens (tertiary/aromatic N) is 1. The third-order valence-electron chi connectivity index (χ3n) is 4.36. The predicted molar refractivity (Wildman–Crippen MR) is 85.6 cm³/mol. The molecule has 3 rings (SSSR count). The van der Waals surface area contributed by atoms with Crippen molar-refractivity contribution in [2.75, 3.05) is 38.3 Å². The molecule has 0 aliphatic carbocycles. The first kappa shape index (κ1) is 14.9. The zero-order valence-corrected chi connectivity index (χ0v) is 13.2. The molecule has 0 radical (unpaired) electrons. The minimum absolute atomic E-state index is 0.539. The van der Waals surface area contributed by atoms with Gasteiger partial charge in [0.05, 0.1) is 12.8 Å². The summed E-state index contributed by atoms with van der Waals surface area (Å²) < 4.78 is 10.9. The predicted octanol–water partition coefficient (Wildman–Crippen LogP) is 2.70. The molecule has 1 unspecified atom stereocenters. The van der Waals surface area contributed by atoms with Gasteiger partial charge in [-0.1, -0.05) is 11.6 Å². The number of nitrogens with one attached hydrogen (secondary N) is 1. The van der Waals surface area contributed by atoms with Crippen LogP contribution in [0.2, 0.25) is 5.02 Å². The van der Waals surface area contributed by atoms with E-state index in [1.165, 1.54) is 0 Å². The van der Waals surface area contributed by atoms with Crippen LogP contribution < -0.4 is 15.0 Å². The number of hydrogen-bond acceptors (Lipinski definition) is 4. The molecule has 1 atom stereocenters. The van der Waals surface area contributed by atoms with Crippen LogP contribution in [0, 0.1) is 0 Å². The number of benzene rings is 1. The van der Waals surface area contributed by atoms with Crippen molar-refractivity contribution >= 4 is 17.3 Å². The first-order valence-corrected chi connectivity index (χ1v) is 8.06. The van der Waals surface area contributed by atoms with Gasteiger partial charge in [0.2, 0.25) is 0 Å². The van der Waals surface area contributed by atoms with Gasteiger partial charge in [0.25, 0.3) is 0 Å². The minimum Gasteiger partial charge on any atom is -0.495 e. The highest BCUT2D eigenvalue weighted by atomic mass is 35.5. The summed E-state index contributed by atoms with van der Waals surface area (Å²) in [4.78, 5) is 2.36. The monoisotopic (exact) mass is 310 g/mol. The molecule has 21 heavy (non-hydrogen) atoms. The molecule has 1 N–H and O–H groups in total. The molecule has 1 aromatic rings. The fourth-order valence-corrected chi connectivity index (χ4v) is 3.39. The summed E-state index contributed by atoms with van der Waals surface area (Å²) in [5.41, 5.74) is 1.10. The zero-order valence-electron chi connectivity index (χ0n) is 12.5. The Hall–Kier alpha value is -0.970. The molecule has 5 heteroatoms. The lowest BCUT2D eigenvalue weighted by molar-refractivity contribution is 0.0755. The summed E-state index contributed by atoms with van der Waals surface area (Å²) in [5.74, 6) is 0.895. The smallest absolute Gasteiger partial charge is 0.142 e. The third-order valence-corrected chi connectivity index (χ3v) is 4.60. The van der Waals surface area contributed by atoms with Crippen LogP contribution in [-0.2, 0) is 4.74 Å². The van der Waals surface area contributed by atoms with Crippen molar-refractivity contribution in [2.24, 2.45) is 0 Å². The van der Waals surface area contributed by atoms with Crippen LogP contribution >= 0.6 is 11.6 Å². The summed E-state index contributed by atoms with van der Waals surface area (Å²) >= 11 is 6.13. The van der Waals surface area contributed by atoms with Gasteiger partial charge in [0.15, 0.2) is 0 Å². The summed E-state index contributed by atoms with van der Waals surface area (Å²) in [6.45, 7) is 3.82. The molecule has 2 fully saturated rings. The first-order valence-electron chi connectivity index (χ1n) is 7.68. The highest BCUT2D eigenvalue weighted by Gasteiger charge is 2.27. The molecule has 0 saturated carbocycles. The van der Waals surface area contributed by atoms with E-state index in [0.717, 1.165) is 62.0 Å². The fourth-order valence-electron chi connectivity index (χ4n) is 3.22. The maximum atomic E-state index is 6.13. The number of methoxy groups -OCH3 is 1. The molecule has 0 aromatic heterocycles. The molecule has 1 aromatic carbocycles. The summed E-state index contributed by atoms with van der Waals surface area (Å²) in [7, 11) is 1.71. The van der Waals surface area contributed by atoms with Crippen LogP contribution in [-0.4, -0.2) is 45.5 Å². The number of anilines is 1. The van der Waals surface area contributed by atoms with Gasteiger partial charge in [-0.25, -0.2) is 0 Å².